The molecule has 0 bridgehead atoms. The molecule has 0 radical (unpaired) electrons. The molecule has 24 heavy (non-hydrogen) atoms. The largest absolute Gasteiger partial charge is 0.406 e. The summed E-state index contributed by atoms with van der Waals surface area (Å²) in [7, 11) is -0.615. The number of halogens is 3. The van der Waals surface area contributed by atoms with Gasteiger partial charge < -0.3 is 4.90 Å². The number of rotatable bonds is 4. The van der Waals surface area contributed by atoms with Crippen molar-refractivity contribution < 1.29 is 26.4 Å². The van der Waals surface area contributed by atoms with E-state index in [9.17, 15) is 26.4 Å². The lowest BCUT2D eigenvalue weighted by atomic mass is 10.0. The Kier molecular flexibility index (Phi) is 5.78. The summed E-state index contributed by atoms with van der Waals surface area (Å²) in [5, 5.41) is 0. The molecular formula is C13H23F3N4O3S. The molecule has 0 aromatic heterocycles. The molecule has 140 valence electrons. The first-order valence-corrected chi connectivity index (χ1v) is 9.19. The van der Waals surface area contributed by atoms with Gasteiger partial charge in [-0.3, -0.25) is 9.69 Å². The van der Waals surface area contributed by atoms with Gasteiger partial charge in [-0.25, -0.2) is 0 Å². The van der Waals surface area contributed by atoms with Gasteiger partial charge in [0.15, 0.2) is 0 Å². The lowest BCUT2D eigenvalue weighted by molar-refractivity contribution is -0.168. The van der Waals surface area contributed by atoms with Crippen LogP contribution in [0.4, 0.5) is 13.2 Å². The van der Waals surface area contributed by atoms with Crippen molar-refractivity contribution in [1.82, 2.24) is 18.4 Å². The fourth-order valence-electron chi connectivity index (χ4n) is 3.11. The van der Waals surface area contributed by atoms with Gasteiger partial charge in [-0.2, -0.15) is 30.2 Å². The molecule has 2 heterocycles. The summed E-state index contributed by atoms with van der Waals surface area (Å²) in [5.74, 6) is -0.512. The van der Waals surface area contributed by atoms with Gasteiger partial charge in [0.1, 0.15) is 6.54 Å². The number of alkyl halides is 3. The summed E-state index contributed by atoms with van der Waals surface area (Å²) in [5.41, 5.74) is 0. The third-order valence-corrected chi connectivity index (χ3v) is 6.31. The van der Waals surface area contributed by atoms with Crippen molar-refractivity contribution in [2.24, 2.45) is 0 Å². The predicted molar refractivity (Wildman–Crippen MR) is 81.4 cm³/mol. The first kappa shape index (κ1) is 19.4. The zero-order valence-corrected chi connectivity index (χ0v) is 14.6. The maximum atomic E-state index is 12.6. The highest BCUT2D eigenvalue weighted by molar-refractivity contribution is 7.86. The Bertz CT molecular complexity index is 559. The van der Waals surface area contributed by atoms with Gasteiger partial charge in [0.25, 0.3) is 10.2 Å². The molecule has 2 aliphatic heterocycles. The maximum Gasteiger partial charge on any atom is 0.406 e. The smallest absolute Gasteiger partial charge is 0.332 e. The Labute approximate surface area is 140 Å². The van der Waals surface area contributed by atoms with E-state index < -0.39 is 34.9 Å². The van der Waals surface area contributed by atoms with Crippen molar-refractivity contribution in [3.8, 4) is 0 Å². The summed E-state index contributed by atoms with van der Waals surface area (Å²) < 4.78 is 64.3. The van der Waals surface area contributed by atoms with Crippen molar-refractivity contribution >= 4 is 16.1 Å². The van der Waals surface area contributed by atoms with Crippen LogP contribution in [0.5, 0.6) is 0 Å². The van der Waals surface area contributed by atoms with Crippen LogP contribution in [-0.2, 0) is 15.0 Å². The predicted octanol–water partition coefficient (Wildman–Crippen LogP) is -0.0363. The van der Waals surface area contributed by atoms with Crippen molar-refractivity contribution in [3.05, 3.63) is 0 Å². The van der Waals surface area contributed by atoms with E-state index in [0.717, 1.165) is 9.21 Å². The standard InChI is InChI=1S/C13H23F3N4O3S/c1-17(2)24(22,23)20-8-6-18(7-9-20)11-4-3-5-19(12(11)21)10-13(14,15)16/h11H,3-10H2,1-2H3. The lowest BCUT2D eigenvalue weighted by Crippen LogP contribution is -2.59. The molecule has 0 aromatic rings. The van der Waals surface area contributed by atoms with E-state index in [1.165, 1.54) is 18.4 Å². The molecular weight excluding hydrogens is 349 g/mol. The molecule has 0 aromatic carbocycles. The number of piperazine rings is 1. The minimum atomic E-state index is -4.41. The van der Waals surface area contributed by atoms with Crippen LogP contribution in [0.3, 0.4) is 0 Å². The van der Waals surface area contributed by atoms with Crippen molar-refractivity contribution in [1.29, 1.82) is 0 Å². The first-order chi connectivity index (χ1) is 11.0. The van der Waals surface area contributed by atoms with Crippen LogP contribution in [0.15, 0.2) is 0 Å². The highest BCUT2D eigenvalue weighted by Gasteiger charge is 2.40. The van der Waals surface area contributed by atoms with E-state index in [1.54, 1.807) is 4.90 Å². The molecule has 0 N–H and O–H groups in total. The monoisotopic (exact) mass is 372 g/mol. The molecule has 7 nitrogen and oxygen atoms in total. The third kappa shape index (κ3) is 4.38. The molecule has 2 rings (SSSR count). The summed E-state index contributed by atoms with van der Waals surface area (Å²) in [4.78, 5) is 15.0. The number of likely N-dealkylation sites (tertiary alicyclic amines) is 1. The molecule has 0 saturated carbocycles. The Balaban J connectivity index is 1.97. The summed E-state index contributed by atoms with van der Waals surface area (Å²) >= 11 is 0. The molecule has 1 unspecified atom stereocenters. The maximum absolute atomic E-state index is 12.6. The fraction of sp³-hybridized carbons (Fsp3) is 0.923. The average molecular weight is 372 g/mol. The van der Waals surface area contributed by atoms with E-state index in [2.05, 4.69) is 0 Å². The second-order valence-electron chi connectivity index (χ2n) is 6.26. The quantitative estimate of drug-likeness (QED) is 0.695. The minimum Gasteiger partial charge on any atom is -0.332 e. The van der Waals surface area contributed by atoms with E-state index in [4.69, 9.17) is 0 Å². The Morgan fingerprint density at radius 3 is 2.21 bits per heavy atom. The van der Waals surface area contributed by atoms with Crippen LogP contribution in [0.1, 0.15) is 12.8 Å². The van der Waals surface area contributed by atoms with Crippen LogP contribution < -0.4 is 0 Å². The van der Waals surface area contributed by atoms with Gasteiger partial charge in [0, 0.05) is 46.8 Å². The zero-order chi connectivity index (χ0) is 18.1. The van der Waals surface area contributed by atoms with Crippen LogP contribution >= 0.6 is 0 Å². The van der Waals surface area contributed by atoms with Crippen molar-refractivity contribution in [2.45, 2.75) is 25.1 Å². The van der Waals surface area contributed by atoms with Gasteiger partial charge in [-0.1, -0.05) is 0 Å². The Morgan fingerprint density at radius 1 is 1.12 bits per heavy atom. The average Bonchev–Trinajstić information content (AvgIpc) is 2.48. The van der Waals surface area contributed by atoms with Gasteiger partial charge >= 0.3 is 6.18 Å². The summed E-state index contributed by atoms with van der Waals surface area (Å²) in [6.07, 6.45) is -3.38. The molecule has 11 heteroatoms. The molecule has 1 amide bonds. The highest BCUT2D eigenvalue weighted by Crippen LogP contribution is 2.24. The number of carbonyl (C=O) groups is 1. The first-order valence-electron chi connectivity index (χ1n) is 7.79. The van der Waals surface area contributed by atoms with Crippen LogP contribution in [-0.4, -0.2) is 98.3 Å². The van der Waals surface area contributed by atoms with E-state index in [0.29, 0.717) is 25.9 Å². The lowest BCUT2D eigenvalue weighted by Gasteiger charge is -2.42. The van der Waals surface area contributed by atoms with Gasteiger partial charge in [0.05, 0.1) is 6.04 Å². The van der Waals surface area contributed by atoms with E-state index in [-0.39, 0.29) is 19.6 Å². The molecule has 2 fully saturated rings. The van der Waals surface area contributed by atoms with Crippen LogP contribution in [0.2, 0.25) is 0 Å². The minimum absolute atomic E-state index is 0.115. The number of piperidine rings is 1. The molecule has 1 atom stereocenters. The fourth-order valence-corrected chi connectivity index (χ4v) is 4.20. The third-order valence-electron chi connectivity index (χ3n) is 4.37. The van der Waals surface area contributed by atoms with Crippen molar-refractivity contribution in [2.75, 3.05) is 53.4 Å². The van der Waals surface area contributed by atoms with Crippen LogP contribution in [0.25, 0.3) is 0 Å². The van der Waals surface area contributed by atoms with Gasteiger partial charge in [0.2, 0.25) is 5.91 Å². The van der Waals surface area contributed by atoms with E-state index >= 15 is 0 Å². The Hall–Kier alpha value is -0.910. The van der Waals surface area contributed by atoms with E-state index in [1.807, 2.05) is 0 Å². The van der Waals surface area contributed by atoms with Crippen LogP contribution in [0, 0.1) is 0 Å². The second kappa shape index (κ2) is 7.14. The normalized spacial score (nSPS) is 25.5. The number of amides is 1. The summed E-state index contributed by atoms with van der Waals surface area (Å²) in [6, 6.07) is -0.592. The SMILES string of the molecule is CN(C)S(=O)(=O)N1CCN(C2CCCN(CC(F)(F)F)C2=O)CC1. The highest BCUT2D eigenvalue weighted by atomic mass is 32.2. The zero-order valence-electron chi connectivity index (χ0n) is 13.8. The number of hydrogen-bond acceptors (Lipinski definition) is 4. The molecule has 0 spiro atoms. The number of carbonyl (C=O) groups excluding carboxylic acids is 1. The van der Waals surface area contributed by atoms with Gasteiger partial charge in [-0.15, -0.1) is 0 Å². The molecule has 2 saturated heterocycles. The number of nitrogens with zero attached hydrogens (tertiary/aromatic N) is 4. The second-order valence-corrected chi connectivity index (χ2v) is 8.40. The Morgan fingerprint density at radius 2 is 1.71 bits per heavy atom. The molecule has 2 aliphatic rings. The topological polar surface area (TPSA) is 64.2 Å². The summed E-state index contributed by atoms with van der Waals surface area (Å²) in [6.45, 7) is 0.0148. The van der Waals surface area contributed by atoms with Crippen molar-refractivity contribution in [3.63, 3.8) is 0 Å². The number of hydrogen-bond donors (Lipinski definition) is 0. The molecule has 0 aliphatic carbocycles. The van der Waals surface area contributed by atoms with Gasteiger partial charge in [-0.05, 0) is 12.8 Å².